The Hall–Kier alpha value is -3.38. The summed E-state index contributed by atoms with van der Waals surface area (Å²) >= 11 is 0. The van der Waals surface area contributed by atoms with Crippen LogP contribution in [0.3, 0.4) is 0 Å². The number of fused-ring (bicyclic) bond motifs is 2. The van der Waals surface area contributed by atoms with Crippen LogP contribution < -0.4 is 5.32 Å². The molecule has 1 atom stereocenters. The molecule has 0 fully saturated rings. The summed E-state index contributed by atoms with van der Waals surface area (Å²) in [6, 6.07) is 6.63. The van der Waals surface area contributed by atoms with Gasteiger partial charge in [-0.15, -0.1) is 0 Å². The average Bonchev–Trinajstić information content (AvgIpc) is 3.43. The highest BCUT2D eigenvalue weighted by atomic mass is 19.4. The summed E-state index contributed by atoms with van der Waals surface area (Å²) < 4.78 is 82.5. The van der Waals surface area contributed by atoms with Crippen molar-refractivity contribution < 1.29 is 31.1 Å². The molecule has 0 bridgehead atoms. The van der Waals surface area contributed by atoms with Crippen molar-refractivity contribution in [1.82, 2.24) is 29.6 Å². The third-order valence-corrected chi connectivity index (χ3v) is 6.56. The van der Waals surface area contributed by atoms with E-state index in [1.54, 1.807) is 24.3 Å². The minimum Gasteiger partial charge on any atom is -0.347 e. The summed E-state index contributed by atoms with van der Waals surface area (Å²) in [6.45, 7) is 0.424. The summed E-state index contributed by atoms with van der Waals surface area (Å²) in [5.41, 5.74) is -0.437. The summed E-state index contributed by atoms with van der Waals surface area (Å²) in [4.78, 5) is 20.7. The van der Waals surface area contributed by atoms with E-state index < -0.39 is 35.6 Å². The van der Waals surface area contributed by atoms with Gasteiger partial charge in [-0.3, -0.25) is 4.79 Å². The fourth-order valence-electron chi connectivity index (χ4n) is 4.66. The second-order valence-corrected chi connectivity index (χ2v) is 9.02. The first-order valence-electron chi connectivity index (χ1n) is 11.6. The van der Waals surface area contributed by atoms with E-state index in [-0.39, 0.29) is 37.6 Å². The predicted molar refractivity (Wildman–Crippen MR) is 115 cm³/mol. The van der Waals surface area contributed by atoms with E-state index in [0.717, 1.165) is 6.42 Å². The van der Waals surface area contributed by atoms with Crippen molar-refractivity contribution in [3.63, 3.8) is 0 Å². The molecule has 192 valence electrons. The maximum atomic E-state index is 13.5. The molecule has 2 aliphatic rings. The highest BCUT2D eigenvalue weighted by molar-refractivity contribution is 5.94. The summed E-state index contributed by atoms with van der Waals surface area (Å²) in [5, 5.41) is 6.84. The highest BCUT2D eigenvalue weighted by Gasteiger charge is 2.43. The molecule has 7 nitrogen and oxygen atoms in total. The average molecular weight is 512 g/mol. The maximum absolute atomic E-state index is 13.5. The largest absolute Gasteiger partial charge is 0.435 e. The Bertz CT molecular complexity index is 1270. The molecule has 0 radical (unpaired) electrons. The van der Waals surface area contributed by atoms with Gasteiger partial charge in [0, 0.05) is 38.0 Å². The molecule has 0 aliphatic carbocycles. The number of hydrogen-bond donors (Lipinski definition) is 1. The minimum atomic E-state index is -4.74. The lowest BCUT2D eigenvalue weighted by Gasteiger charge is -2.24. The number of alkyl halides is 6. The van der Waals surface area contributed by atoms with Gasteiger partial charge in [-0.2, -0.15) is 31.4 Å². The van der Waals surface area contributed by atoms with Crippen molar-refractivity contribution in [3.05, 3.63) is 52.9 Å². The van der Waals surface area contributed by atoms with Crippen molar-refractivity contribution >= 4 is 5.91 Å². The molecule has 2 aromatic heterocycles. The van der Waals surface area contributed by atoms with Crippen LogP contribution in [0, 0.1) is 5.92 Å². The maximum Gasteiger partial charge on any atom is 0.435 e. The van der Waals surface area contributed by atoms with Crippen LogP contribution in [0.15, 0.2) is 24.3 Å². The van der Waals surface area contributed by atoms with Gasteiger partial charge in [0.1, 0.15) is 17.3 Å². The van der Waals surface area contributed by atoms with Gasteiger partial charge in [-0.1, -0.05) is 24.3 Å². The highest BCUT2D eigenvalue weighted by Crippen LogP contribution is 2.35. The Labute approximate surface area is 201 Å². The quantitative estimate of drug-likeness (QED) is 0.521. The standard InChI is InChI=1S/C23H22F6N6O/c24-22(25,26)15-8-10-35-17(11-15)32-20(33-35)14-6-4-13(5-7-14)12-30-21(36)18-19(23(27,28)29)31-16-3-1-2-9-34(16)18/h4-7,15H,1-3,8-12H2,(H,30,36)/t15-/m1/s1. The molecular weight excluding hydrogens is 490 g/mol. The predicted octanol–water partition coefficient (Wildman–Crippen LogP) is 4.55. The first kappa shape index (κ1) is 24.3. The van der Waals surface area contributed by atoms with Gasteiger partial charge < -0.3 is 9.88 Å². The van der Waals surface area contributed by atoms with Crippen molar-refractivity contribution in [2.45, 2.75) is 64.1 Å². The molecule has 3 aromatic rings. The zero-order valence-corrected chi connectivity index (χ0v) is 19.0. The zero-order valence-electron chi connectivity index (χ0n) is 19.0. The molecule has 2 aliphatic heterocycles. The zero-order chi connectivity index (χ0) is 25.7. The van der Waals surface area contributed by atoms with Gasteiger partial charge in [-0.05, 0) is 24.8 Å². The molecule has 5 rings (SSSR count). The van der Waals surface area contributed by atoms with E-state index in [4.69, 9.17) is 0 Å². The Morgan fingerprint density at radius 2 is 1.75 bits per heavy atom. The number of hydrogen-bond acceptors (Lipinski definition) is 4. The molecule has 0 unspecified atom stereocenters. The fraction of sp³-hybridized carbons (Fsp3) is 0.478. The number of carbonyl (C=O) groups excluding carboxylic acids is 1. The number of halogens is 6. The van der Waals surface area contributed by atoms with Gasteiger partial charge in [-0.25, -0.2) is 14.6 Å². The number of benzene rings is 1. The van der Waals surface area contributed by atoms with Gasteiger partial charge in [0.25, 0.3) is 5.91 Å². The van der Waals surface area contributed by atoms with Gasteiger partial charge >= 0.3 is 12.4 Å². The Morgan fingerprint density at radius 3 is 2.44 bits per heavy atom. The van der Waals surface area contributed by atoms with E-state index >= 15 is 0 Å². The fourth-order valence-corrected chi connectivity index (χ4v) is 4.66. The van der Waals surface area contributed by atoms with Crippen LogP contribution in [-0.4, -0.2) is 36.4 Å². The molecule has 4 heterocycles. The molecule has 1 amide bonds. The van der Waals surface area contributed by atoms with Crippen molar-refractivity contribution in [3.8, 4) is 11.4 Å². The molecular formula is C23H22F6N6O. The first-order chi connectivity index (χ1) is 17.0. The van der Waals surface area contributed by atoms with Crippen LogP contribution in [0.5, 0.6) is 0 Å². The molecule has 36 heavy (non-hydrogen) atoms. The second-order valence-electron chi connectivity index (χ2n) is 9.02. The smallest absolute Gasteiger partial charge is 0.347 e. The van der Waals surface area contributed by atoms with Crippen molar-refractivity contribution in [1.29, 1.82) is 0 Å². The lowest BCUT2D eigenvalue weighted by molar-refractivity contribution is -0.179. The van der Waals surface area contributed by atoms with Gasteiger partial charge in [0.15, 0.2) is 11.5 Å². The molecule has 0 saturated heterocycles. The van der Waals surface area contributed by atoms with Crippen LogP contribution in [0.25, 0.3) is 11.4 Å². The first-order valence-corrected chi connectivity index (χ1v) is 11.6. The van der Waals surface area contributed by atoms with E-state index in [0.29, 0.717) is 36.3 Å². The third kappa shape index (κ3) is 4.70. The Morgan fingerprint density at radius 1 is 1.00 bits per heavy atom. The Balaban J connectivity index is 1.28. The normalized spacial score (nSPS) is 18.0. The van der Waals surface area contributed by atoms with Gasteiger partial charge in [0.2, 0.25) is 0 Å². The Kier molecular flexibility index (Phi) is 6.03. The number of nitrogens with one attached hydrogen (secondary N) is 1. The number of imidazole rings is 1. The number of carbonyl (C=O) groups is 1. The number of rotatable bonds is 4. The monoisotopic (exact) mass is 512 g/mol. The number of amides is 1. The van der Waals surface area contributed by atoms with Crippen molar-refractivity contribution in [2.75, 3.05) is 0 Å². The number of aromatic nitrogens is 5. The van der Waals surface area contributed by atoms with E-state index in [2.05, 4.69) is 20.4 Å². The van der Waals surface area contributed by atoms with E-state index in [9.17, 15) is 31.1 Å². The van der Waals surface area contributed by atoms with Gasteiger partial charge in [0.05, 0.1) is 5.92 Å². The molecule has 1 N–H and O–H groups in total. The second kappa shape index (κ2) is 8.93. The summed E-state index contributed by atoms with van der Waals surface area (Å²) in [6.07, 6.45) is -7.51. The third-order valence-electron chi connectivity index (χ3n) is 6.56. The van der Waals surface area contributed by atoms with Crippen LogP contribution in [0.4, 0.5) is 26.3 Å². The topological polar surface area (TPSA) is 77.6 Å². The van der Waals surface area contributed by atoms with E-state index in [1.807, 2.05) is 0 Å². The number of aryl methyl sites for hydroxylation is 2. The minimum absolute atomic E-state index is 0.0166. The summed E-state index contributed by atoms with van der Waals surface area (Å²) in [7, 11) is 0. The lowest BCUT2D eigenvalue weighted by atomic mass is 9.98. The van der Waals surface area contributed by atoms with E-state index in [1.165, 1.54) is 9.25 Å². The molecule has 13 heteroatoms. The molecule has 1 aromatic carbocycles. The lowest BCUT2D eigenvalue weighted by Crippen LogP contribution is -2.31. The summed E-state index contributed by atoms with van der Waals surface area (Å²) in [5.74, 6) is -1.45. The SMILES string of the molecule is O=C(NCc1ccc(-c2nc3n(n2)CC[C@@H](C(F)(F)F)C3)cc1)c1c(C(F)(F)F)nc2n1CCCC2. The molecule has 0 saturated carbocycles. The van der Waals surface area contributed by atoms with Crippen LogP contribution in [0.1, 0.15) is 52.7 Å². The van der Waals surface area contributed by atoms with Crippen molar-refractivity contribution in [2.24, 2.45) is 5.92 Å². The van der Waals surface area contributed by atoms with Crippen LogP contribution in [-0.2, 0) is 38.7 Å². The number of nitrogens with zero attached hydrogens (tertiary/aromatic N) is 5. The van der Waals surface area contributed by atoms with Crippen LogP contribution >= 0.6 is 0 Å². The molecule has 0 spiro atoms. The van der Waals surface area contributed by atoms with Crippen LogP contribution in [0.2, 0.25) is 0 Å².